The fraction of sp³-hybridized carbons (Fsp3) is 0.188. The Morgan fingerprint density at radius 2 is 1.74 bits per heavy atom. The number of para-hydroxylation sites is 2. The highest BCUT2D eigenvalue weighted by Crippen LogP contribution is 2.21. The molecule has 3 nitrogen and oxygen atoms in total. The van der Waals surface area contributed by atoms with Gasteiger partial charge in [-0.1, -0.05) is 42.5 Å². The fourth-order valence-electron chi connectivity index (χ4n) is 2.37. The van der Waals surface area contributed by atoms with Crippen LogP contribution in [0.15, 0.2) is 54.6 Å². The molecule has 0 amide bonds. The van der Waals surface area contributed by atoms with E-state index in [-0.39, 0.29) is 6.04 Å². The number of nitrogens with zero attached hydrogens (tertiary/aromatic N) is 2. The van der Waals surface area contributed by atoms with Crippen molar-refractivity contribution < 1.29 is 0 Å². The van der Waals surface area contributed by atoms with Crippen molar-refractivity contribution in [2.24, 2.45) is 5.73 Å². The summed E-state index contributed by atoms with van der Waals surface area (Å²) >= 11 is 0. The van der Waals surface area contributed by atoms with Gasteiger partial charge in [0.1, 0.15) is 5.82 Å². The molecule has 0 radical (unpaired) electrons. The van der Waals surface area contributed by atoms with Crippen molar-refractivity contribution in [2.45, 2.75) is 19.5 Å². The van der Waals surface area contributed by atoms with Crippen molar-refractivity contribution in [3.05, 3.63) is 66.0 Å². The Balaban J connectivity index is 2.12. The maximum atomic E-state index is 6.05. The summed E-state index contributed by atoms with van der Waals surface area (Å²) in [5, 5.41) is 0. The minimum atomic E-state index is -0.0730. The Kier molecular flexibility index (Phi) is 3.05. The van der Waals surface area contributed by atoms with E-state index in [0.29, 0.717) is 0 Å². The van der Waals surface area contributed by atoms with Gasteiger partial charge in [-0.2, -0.15) is 0 Å². The first-order valence-electron chi connectivity index (χ1n) is 6.50. The zero-order valence-electron chi connectivity index (χ0n) is 11.0. The van der Waals surface area contributed by atoms with Gasteiger partial charge in [0.2, 0.25) is 0 Å². The van der Waals surface area contributed by atoms with Gasteiger partial charge in [-0.05, 0) is 24.6 Å². The summed E-state index contributed by atoms with van der Waals surface area (Å²) in [7, 11) is 0. The van der Waals surface area contributed by atoms with Gasteiger partial charge in [0.05, 0.1) is 17.1 Å². The van der Waals surface area contributed by atoms with Crippen LogP contribution in [0.5, 0.6) is 0 Å². The van der Waals surface area contributed by atoms with E-state index in [1.807, 2.05) is 31.2 Å². The van der Waals surface area contributed by atoms with E-state index >= 15 is 0 Å². The quantitative estimate of drug-likeness (QED) is 0.777. The zero-order valence-corrected chi connectivity index (χ0v) is 11.0. The molecule has 1 atom stereocenters. The van der Waals surface area contributed by atoms with Gasteiger partial charge in [0, 0.05) is 6.54 Å². The van der Waals surface area contributed by atoms with Gasteiger partial charge < -0.3 is 10.3 Å². The zero-order chi connectivity index (χ0) is 13.2. The minimum Gasteiger partial charge on any atom is -0.322 e. The average molecular weight is 251 g/mol. The van der Waals surface area contributed by atoms with E-state index in [1.54, 1.807) is 0 Å². The smallest absolute Gasteiger partial charge is 0.126 e. The van der Waals surface area contributed by atoms with E-state index in [9.17, 15) is 0 Å². The maximum Gasteiger partial charge on any atom is 0.126 e. The molecule has 0 fully saturated rings. The van der Waals surface area contributed by atoms with E-state index in [2.05, 4.69) is 39.9 Å². The second kappa shape index (κ2) is 4.86. The molecular formula is C16H17N3. The molecule has 0 unspecified atom stereocenters. The number of imidazole rings is 1. The van der Waals surface area contributed by atoms with E-state index in [4.69, 9.17) is 5.73 Å². The van der Waals surface area contributed by atoms with Crippen LogP contribution < -0.4 is 5.73 Å². The monoisotopic (exact) mass is 251 g/mol. The topological polar surface area (TPSA) is 43.8 Å². The molecule has 1 aromatic heterocycles. The summed E-state index contributed by atoms with van der Waals surface area (Å²) in [4.78, 5) is 4.65. The van der Waals surface area contributed by atoms with Gasteiger partial charge in [-0.25, -0.2) is 4.98 Å². The van der Waals surface area contributed by atoms with Crippen molar-refractivity contribution in [3.63, 3.8) is 0 Å². The normalized spacial score (nSPS) is 12.7. The number of hydrogen-bond donors (Lipinski definition) is 1. The summed E-state index contributed by atoms with van der Waals surface area (Å²) in [6.07, 6.45) is 0. The number of rotatable bonds is 3. The SMILES string of the molecule is C[C@H](N)c1nc2ccccc2n1Cc1ccccc1. The first kappa shape index (κ1) is 11.9. The van der Waals surface area contributed by atoms with Crippen molar-refractivity contribution in [1.82, 2.24) is 9.55 Å². The Labute approximate surface area is 112 Å². The standard InChI is InChI=1S/C16H17N3/c1-12(17)16-18-14-9-5-6-10-15(14)19(16)11-13-7-3-2-4-8-13/h2-10,12H,11,17H2,1H3/t12-/m0/s1. The van der Waals surface area contributed by atoms with E-state index in [0.717, 1.165) is 23.4 Å². The predicted octanol–water partition coefficient (Wildman–Crippen LogP) is 3.10. The summed E-state index contributed by atoms with van der Waals surface area (Å²) in [6, 6.07) is 18.5. The lowest BCUT2D eigenvalue weighted by molar-refractivity contribution is 0.664. The maximum absolute atomic E-state index is 6.05. The lowest BCUT2D eigenvalue weighted by atomic mass is 10.2. The first-order valence-corrected chi connectivity index (χ1v) is 6.50. The third-order valence-electron chi connectivity index (χ3n) is 3.27. The number of fused-ring (bicyclic) bond motifs is 1. The third kappa shape index (κ3) is 2.25. The van der Waals surface area contributed by atoms with Crippen molar-refractivity contribution in [3.8, 4) is 0 Å². The van der Waals surface area contributed by atoms with Crippen LogP contribution in [-0.4, -0.2) is 9.55 Å². The molecule has 0 aliphatic rings. The predicted molar refractivity (Wildman–Crippen MR) is 77.9 cm³/mol. The summed E-state index contributed by atoms with van der Waals surface area (Å²) in [6.45, 7) is 2.78. The van der Waals surface area contributed by atoms with Crippen LogP contribution in [0, 0.1) is 0 Å². The lowest BCUT2D eigenvalue weighted by Crippen LogP contribution is -2.14. The molecule has 2 N–H and O–H groups in total. The molecule has 0 aliphatic heterocycles. The molecule has 2 aromatic carbocycles. The Hall–Kier alpha value is -2.13. The highest BCUT2D eigenvalue weighted by atomic mass is 15.1. The molecule has 1 heterocycles. The van der Waals surface area contributed by atoms with Gasteiger partial charge in [-0.15, -0.1) is 0 Å². The summed E-state index contributed by atoms with van der Waals surface area (Å²) in [5.41, 5.74) is 9.45. The number of hydrogen-bond acceptors (Lipinski definition) is 2. The van der Waals surface area contributed by atoms with E-state index in [1.165, 1.54) is 5.56 Å². The van der Waals surface area contributed by atoms with Crippen LogP contribution in [0.2, 0.25) is 0 Å². The molecule has 3 aromatic rings. The highest BCUT2D eigenvalue weighted by molar-refractivity contribution is 5.76. The minimum absolute atomic E-state index is 0.0730. The number of nitrogens with two attached hydrogens (primary N) is 1. The molecule has 0 spiro atoms. The second-order valence-electron chi connectivity index (χ2n) is 4.82. The molecule has 0 aliphatic carbocycles. The molecule has 3 heteroatoms. The molecular weight excluding hydrogens is 234 g/mol. The molecule has 19 heavy (non-hydrogen) atoms. The third-order valence-corrected chi connectivity index (χ3v) is 3.27. The van der Waals surface area contributed by atoms with Gasteiger partial charge in [0.15, 0.2) is 0 Å². The van der Waals surface area contributed by atoms with Crippen LogP contribution in [0.3, 0.4) is 0 Å². The van der Waals surface area contributed by atoms with Crippen molar-refractivity contribution in [1.29, 1.82) is 0 Å². The Morgan fingerprint density at radius 1 is 1.05 bits per heavy atom. The Morgan fingerprint density at radius 3 is 2.47 bits per heavy atom. The van der Waals surface area contributed by atoms with Gasteiger partial charge in [-0.3, -0.25) is 0 Å². The van der Waals surface area contributed by atoms with Crippen LogP contribution in [-0.2, 0) is 6.54 Å². The van der Waals surface area contributed by atoms with Gasteiger partial charge >= 0.3 is 0 Å². The largest absolute Gasteiger partial charge is 0.322 e. The molecule has 0 saturated heterocycles. The van der Waals surface area contributed by atoms with Crippen LogP contribution >= 0.6 is 0 Å². The van der Waals surface area contributed by atoms with Crippen molar-refractivity contribution in [2.75, 3.05) is 0 Å². The molecule has 3 rings (SSSR count). The lowest BCUT2D eigenvalue weighted by Gasteiger charge is -2.11. The highest BCUT2D eigenvalue weighted by Gasteiger charge is 2.13. The summed E-state index contributed by atoms with van der Waals surface area (Å²) < 4.78 is 2.20. The van der Waals surface area contributed by atoms with Crippen molar-refractivity contribution >= 4 is 11.0 Å². The number of aromatic nitrogens is 2. The number of benzene rings is 2. The van der Waals surface area contributed by atoms with Crippen LogP contribution in [0.1, 0.15) is 24.4 Å². The molecule has 0 saturated carbocycles. The van der Waals surface area contributed by atoms with Crippen LogP contribution in [0.4, 0.5) is 0 Å². The summed E-state index contributed by atoms with van der Waals surface area (Å²) in [5.74, 6) is 0.935. The first-order chi connectivity index (χ1) is 9.25. The average Bonchev–Trinajstić information content (AvgIpc) is 2.79. The molecule has 0 bridgehead atoms. The fourth-order valence-corrected chi connectivity index (χ4v) is 2.37. The Bertz CT molecular complexity index is 684. The van der Waals surface area contributed by atoms with Crippen LogP contribution in [0.25, 0.3) is 11.0 Å². The van der Waals surface area contributed by atoms with E-state index < -0.39 is 0 Å². The second-order valence-corrected chi connectivity index (χ2v) is 4.82. The molecule has 96 valence electrons. The van der Waals surface area contributed by atoms with Gasteiger partial charge in [0.25, 0.3) is 0 Å².